The van der Waals surface area contributed by atoms with E-state index in [-0.39, 0.29) is 5.91 Å². The third-order valence-corrected chi connectivity index (χ3v) is 1.64. The van der Waals surface area contributed by atoms with Crippen LogP contribution in [0.4, 0.5) is 0 Å². The molecule has 0 saturated carbocycles. The van der Waals surface area contributed by atoms with Gasteiger partial charge in [-0.25, -0.2) is 4.79 Å². The number of amides is 1. The second-order valence-electron chi connectivity index (χ2n) is 2.89. The lowest BCUT2D eigenvalue weighted by atomic mass is 10.2. The Kier molecular flexibility index (Phi) is 6.45. The highest BCUT2D eigenvalue weighted by Gasteiger charge is 2.17. The number of allylic oxidation sites excluding steroid dienone is 1. The monoisotopic (exact) mass is 199 g/mol. The molecule has 1 N–H and O–H groups in total. The Labute approximate surface area is 84.3 Å². The number of carbonyl (C=O) groups is 2. The molecule has 0 saturated heterocycles. The second kappa shape index (κ2) is 7.12. The summed E-state index contributed by atoms with van der Waals surface area (Å²) < 4.78 is 4.56. The number of nitrogens with one attached hydrogen (secondary N) is 1. The quantitative estimate of drug-likeness (QED) is 0.531. The van der Waals surface area contributed by atoms with E-state index in [4.69, 9.17) is 0 Å². The molecule has 0 aromatic carbocycles. The normalized spacial score (nSPS) is 12.5. The van der Waals surface area contributed by atoms with E-state index in [0.29, 0.717) is 6.42 Å². The van der Waals surface area contributed by atoms with Crippen LogP contribution in [0.15, 0.2) is 12.2 Å². The number of rotatable bonds is 5. The highest BCUT2D eigenvalue weighted by molar-refractivity contribution is 5.83. The van der Waals surface area contributed by atoms with Crippen LogP contribution in [0.2, 0.25) is 0 Å². The van der Waals surface area contributed by atoms with Gasteiger partial charge in [0, 0.05) is 6.92 Å². The number of carbonyl (C=O) groups excluding carboxylic acids is 2. The molecule has 0 radical (unpaired) electrons. The molecule has 4 heteroatoms. The maximum Gasteiger partial charge on any atom is 0.328 e. The van der Waals surface area contributed by atoms with E-state index in [1.54, 1.807) is 0 Å². The van der Waals surface area contributed by atoms with Crippen LogP contribution in [-0.4, -0.2) is 25.0 Å². The largest absolute Gasteiger partial charge is 0.467 e. The highest BCUT2D eigenvalue weighted by Crippen LogP contribution is 1.97. The molecule has 14 heavy (non-hydrogen) atoms. The Balaban J connectivity index is 4.17. The van der Waals surface area contributed by atoms with E-state index in [0.717, 1.165) is 6.42 Å². The molecule has 0 unspecified atom stereocenters. The molecule has 0 fully saturated rings. The molecule has 0 aromatic rings. The first kappa shape index (κ1) is 12.7. The first-order valence-corrected chi connectivity index (χ1v) is 4.61. The lowest BCUT2D eigenvalue weighted by Crippen LogP contribution is -2.39. The minimum absolute atomic E-state index is 0.231. The van der Waals surface area contributed by atoms with Crippen LogP contribution in [0, 0.1) is 0 Å². The fourth-order valence-corrected chi connectivity index (χ4v) is 1.00. The molecule has 0 rings (SSSR count). The summed E-state index contributed by atoms with van der Waals surface area (Å²) in [5, 5.41) is 2.52. The molecule has 0 aliphatic rings. The maximum absolute atomic E-state index is 11.2. The van der Waals surface area contributed by atoms with Crippen LogP contribution in [-0.2, 0) is 14.3 Å². The lowest BCUT2D eigenvalue weighted by Gasteiger charge is -2.12. The average Bonchev–Trinajstić information content (AvgIpc) is 2.15. The number of methoxy groups -OCH3 is 1. The summed E-state index contributed by atoms with van der Waals surface area (Å²) in [7, 11) is 1.31. The van der Waals surface area contributed by atoms with E-state index < -0.39 is 12.0 Å². The Morgan fingerprint density at radius 2 is 2.07 bits per heavy atom. The van der Waals surface area contributed by atoms with E-state index >= 15 is 0 Å². The van der Waals surface area contributed by atoms with Gasteiger partial charge >= 0.3 is 5.97 Å². The number of esters is 1. The molecule has 0 aliphatic carbocycles. The Hall–Kier alpha value is -1.32. The summed E-state index contributed by atoms with van der Waals surface area (Å²) in [5.74, 6) is -0.647. The maximum atomic E-state index is 11.2. The molecule has 1 atom stereocenters. The molecule has 80 valence electrons. The fourth-order valence-electron chi connectivity index (χ4n) is 1.00. The summed E-state index contributed by atoms with van der Waals surface area (Å²) in [6, 6.07) is -0.569. The summed E-state index contributed by atoms with van der Waals surface area (Å²) in [6.45, 7) is 3.38. The van der Waals surface area contributed by atoms with Gasteiger partial charge in [-0.05, 0) is 12.8 Å². The van der Waals surface area contributed by atoms with Crippen molar-refractivity contribution in [3.05, 3.63) is 12.2 Å². The van der Waals surface area contributed by atoms with Crippen molar-refractivity contribution in [1.29, 1.82) is 0 Å². The Morgan fingerprint density at radius 3 is 2.50 bits per heavy atom. The highest BCUT2D eigenvalue weighted by atomic mass is 16.5. The SMILES string of the molecule is CC/C=C/C[C@H](NC(C)=O)C(=O)OC. The predicted molar refractivity (Wildman–Crippen MR) is 53.7 cm³/mol. The molecule has 4 nitrogen and oxygen atoms in total. The summed E-state index contributed by atoms with van der Waals surface area (Å²) in [5.41, 5.74) is 0. The van der Waals surface area contributed by atoms with Crippen molar-refractivity contribution < 1.29 is 14.3 Å². The minimum Gasteiger partial charge on any atom is -0.467 e. The van der Waals surface area contributed by atoms with Gasteiger partial charge in [0.2, 0.25) is 5.91 Å². The zero-order valence-electron chi connectivity index (χ0n) is 8.87. The van der Waals surface area contributed by atoms with Crippen molar-refractivity contribution >= 4 is 11.9 Å². The van der Waals surface area contributed by atoms with Gasteiger partial charge in [-0.15, -0.1) is 0 Å². The predicted octanol–water partition coefficient (Wildman–Crippen LogP) is 1.02. The zero-order chi connectivity index (χ0) is 11.0. The van der Waals surface area contributed by atoms with E-state index in [1.807, 2.05) is 19.1 Å². The van der Waals surface area contributed by atoms with Gasteiger partial charge < -0.3 is 10.1 Å². The molecular formula is C10H17NO3. The van der Waals surface area contributed by atoms with Crippen molar-refractivity contribution in [2.45, 2.75) is 32.7 Å². The summed E-state index contributed by atoms with van der Waals surface area (Å²) >= 11 is 0. The van der Waals surface area contributed by atoms with Crippen molar-refractivity contribution in [2.24, 2.45) is 0 Å². The van der Waals surface area contributed by atoms with Gasteiger partial charge in [-0.3, -0.25) is 4.79 Å². The Bertz CT molecular complexity index is 223. The van der Waals surface area contributed by atoms with Crippen LogP contribution < -0.4 is 5.32 Å². The van der Waals surface area contributed by atoms with Gasteiger partial charge in [0.05, 0.1) is 7.11 Å². The van der Waals surface area contributed by atoms with Crippen LogP contribution in [0.5, 0.6) is 0 Å². The number of ether oxygens (including phenoxy) is 1. The summed E-state index contributed by atoms with van der Waals surface area (Å²) in [6.07, 6.45) is 5.18. The Morgan fingerprint density at radius 1 is 1.43 bits per heavy atom. The molecule has 0 bridgehead atoms. The molecule has 0 heterocycles. The third kappa shape index (κ3) is 5.35. The van der Waals surface area contributed by atoms with Crippen LogP contribution in [0.1, 0.15) is 26.7 Å². The van der Waals surface area contributed by atoms with Gasteiger partial charge in [-0.2, -0.15) is 0 Å². The fraction of sp³-hybridized carbons (Fsp3) is 0.600. The topological polar surface area (TPSA) is 55.4 Å². The van der Waals surface area contributed by atoms with Gasteiger partial charge in [0.1, 0.15) is 6.04 Å². The van der Waals surface area contributed by atoms with Gasteiger partial charge in [0.15, 0.2) is 0 Å². The molecule has 0 aliphatic heterocycles. The smallest absolute Gasteiger partial charge is 0.328 e. The standard InChI is InChI=1S/C10H17NO3/c1-4-5-6-7-9(10(13)14-3)11-8(2)12/h5-6,9H,4,7H2,1-3H3,(H,11,12)/b6-5+/t9-/m0/s1. The van der Waals surface area contributed by atoms with Crippen LogP contribution >= 0.6 is 0 Å². The summed E-state index contributed by atoms with van der Waals surface area (Å²) in [4.78, 5) is 21.9. The first-order chi connectivity index (χ1) is 6.61. The third-order valence-electron chi connectivity index (χ3n) is 1.64. The zero-order valence-corrected chi connectivity index (χ0v) is 8.87. The van der Waals surface area contributed by atoms with Crippen LogP contribution in [0.25, 0.3) is 0 Å². The van der Waals surface area contributed by atoms with Crippen molar-refractivity contribution in [2.75, 3.05) is 7.11 Å². The number of hydrogen-bond donors (Lipinski definition) is 1. The lowest BCUT2D eigenvalue weighted by molar-refractivity contribution is -0.144. The second-order valence-corrected chi connectivity index (χ2v) is 2.89. The van der Waals surface area contributed by atoms with Gasteiger partial charge in [-0.1, -0.05) is 19.1 Å². The van der Waals surface area contributed by atoms with Crippen molar-refractivity contribution in [3.8, 4) is 0 Å². The van der Waals surface area contributed by atoms with Gasteiger partial charge in [0.25, 0.3) is 0 Å². The average molecular weight is 199 g/mol. The molecule has 0 spiro atoms. The molecule has 1 amide bonds. The number of hydrogen-bond acceptors (Lipinski definition) is 3. The van der Waals surface area contributed by atoms with E-state index in [2.05, 4.69) is 10.1 Å². The van der Waals surface area contributed by atoms with Crippen LogP contribution in [0.3, 0.4) is 0 Å². The molecular weight excluding hydrogens is 182 g/mol. The van der Waals surface area contributed by atoms with E-state index in [1.165, 1.54) is 14.0 Å². The van der Waals surface area contributed by atoms with Crippen molar-refractivity contribution in [3.63, 3.8) is 0 Å². The first-order valence-electron chi connectivity index (χ1n) is 4.61. The minimum atomic E-state index is -0.569. The van der Waals surface area contributed by atoms with Crippen molar-refractivity contribution in [1.82, 2.24) is 5.32 Å². The van der Waals surface area contributed by atoms with E-state index in [9.17, 15) is 9.59 Å². The molecule has 0 aromatic heterocycles.